The third kappa shape index (κ3) is 54.1. The second-order valence-corrected chi connectivity index (χ2v) is 31.7. The fraction of sp³-hybridized carbons (Fsp3) is 0.943. The molecule has 2 aliphatic heterocycles. The molecule has 12 atom stereocenters. The molecule has 12 unspecified atom stereocenters. The topological polar surface area (TPSA) is 228 Å². The number of allylic oxidation sites excluding steroid dienone is 3. The van der Waals surface area contributed by atoms with Crippen molar-refractivity contribution in [2.75, 3.05) is 19.8 Å². The number of rotatable bonds is 77. The highest BCUT2D eigenvalue weighted by atomic mass is 16.7. The zero-order valence-electron chi connectivity index (χ0n) is 66.6. The van der Waals surface area contributed by atoms with Crippen molar-refractivity contribution in [1.29, 1.82) is 0 Å². The normalized spacial score (nSPS) is 21.7. The summed E-state index contributed by atoms with van der Waals surface area (Å²) in [4.78, 5) is 13.4. The molecule has 0 radical (unpaired) electrons. The summed E-state index contributed by atoms with van der Waals surface area (Å²) in [6, 6.07) is -0.914. The molecule has 2 fully saturated rings. The maximum absolute atomic E-state index is 13.4. The number of hydrogen-bond donors (Lipinski definition) is 9. The predicted octanol–water partition coefficient (Wildman–Crippen LogP) is 21.4. The zero-order valence-corrected chi connectivity index (χ0v) is 66.6. The minimum atomic E-state index is -1.79. The number of nitrogens with one attached hydrogen (secondary N) is 1. The van der Waals surface area contributed by atoms with Crippen molar-refractivity contribution in [3.8, 4) is 0 Å². The fourth-order valence-corrected chi connectivity index (χ4v) is 15.1. The van der Waals surface area contributed by atoms with Gasteiger partial charge in [0.15, 0.2) is 12.6 Å². The maximum Gasteiger partial charge on any atom is 0.220 e. The minimum Gasteiger partial charge on any atom is -0.394 e. The van der Waals surface area contributed by atoms with Crippen molar-refractivity contribution in [2.24, 2.45) is 0 Å². The summed E-state index contributed by atoms with van der Waals surface area (Å²) >= 11 is 0. The van der Waals surface area contributed by atoms with Crippen LogP contribution in [0.15, 0.2) is 24.3 Å². The molecule has 9 N–H and O–H groups in total. The number of hydrogen-bond acceptors (Lipinski definition) is 13. The first-order chi connectivity index (χ1) is 50.1. The average Bonchev–Trinajstić information content (AvgIpc) is 0.790. The van der Waals surface area contributed by atoms with Crippen LogP contribution >= 0.6 is 0 Å². The lowest BCUT2D eigenvalue weighted by atomic mass is 9.97. The van der Waals surface area contributed by atoms with E-state index in [-0.39, 0.29) is 18.9 Å². The highest BCUT2D eigenvalue weighted by Crippen LogP contribution is 2.31. The Kier molecular flexibility index (Phi) is 68.5. The molecule has 2 saturated heterocycles. The van der Waals surface area contributed by atoms with E-state index >= 15 is 0 Å². The molecule has 0 aromatic carbocycles. The van der Waals surface area contributed by atoms with Gasteiger partial charge in [0, 0.05) is 6.42 Å². The van der Waals surface area contributed by atoms with E-state index in [0.717, 1.165) is 38.5 Å². The van der Waals surface area contributed by atoms with Gasteiger partial charge in [0.2, 0.25) is 5.91 Å². The Morgan fingerprint density at radius 3 is 0.931 bits per heavy atom. The molecule has 0 spiro atoms. The fourth-order valence-electron chi connectivity index (χ4n) is 15.1. The largest absolute Gasteiger partial charge is 0.394 e. The third-order valence-electron chi connectivity index (χ3n) is 22.1. The summed E-state index contributed by atoms with van der Waals surface area (Å²) in [5, 5.41) is 87.8. The zero-order chi connectivity index (χ0) is 73.7. The molecule has 0 aromatic rings. The highest BCUT2D eigenvalue weighted by molar-refractivity contribution is 5.76. The van der Waals surface area contributed by atoms with E-state index in [2.05, 4.69) is 31.3 Å². The van der Waals surface area contributed by atoms with Gasteiger partial charge in [-0.3, -0.25) is 4.79 Å². The lowest BCUT2D eigenvalue weighted by molar-refractivity contribution is -0.359. The van der Waals surface area contributed by atoms with Crippen LogP contribution in [0.1, 0.15) is 438 Å². The quantitative estimate of drug-likeness (QED) is 0.0204. The maximum atomic E-state index is 13.4. The number of unbranched alkanes of at least 4 members (excludes halogenated alkanes) is 62. The second-order valence-electron chi connectivity index (χ2n) is 31.7. The van der Waals surface area contributed by atoms with E-state index in [9.17, 15) is 45.6 Å². The van der Waals surface area contributed by atoms with Gasteiger partial charge in [0.05, 0.1) is 32.0 Å². The van der Waals surface area contributed by atoms with Crippen LogP contribution in [-0.4, -0.2) is 140 Å². The summed E-state index contributed by atoms with van der Waals surface area (Å²) in [6.07, 6.45) is 78.7. The average molecular weight is 1450 g/mol. The SMILES string of the molecule is CCCCCCCCCC/C=C\CCCCCCCCCCCCCCCCCCCCCCCCCCCCCCCC(=O)NC(COC1OC(CO)C(OC2OC(CO)C(O)C(O)C2O)C(O)C1O)C(O)/C=C/CCCCCCCCCCCCCCCCCCCCCCCCCCC. The Hall–Kier alpha value is -1.53. The van der Waals surface area contributed by atoms with Gasteiger partial charge in [-0.25, -0.2) is 0 Å². The first kappa shape index (κ1) is 96.5. The van der Waals surface area contributed by atoms with E-state index in [1.165, 1.54) is 372 Å². The molecular formula is C88H169NO13. The highest BCUT2D eigenvalue weighted by Gasteiger charge is 2.51. The molecule has 1 amide bonds. The second kappa shape index (κ2) is 72.3. The lowest BCUT2D eigenvalue weighted by Crippen LogP contribution is -2.65. The third-order valence-corrected chi connectivity index (χ3v) is 22.1. The van der Waals surface area contributed by atoms with E-state index in [0.29, 0.717) is 6.42 Å². The smallest absolute Gasteiger partial charge is 0.220 e. The summed E-state index contributed by atoms with van der Waals surface area (Å²) < 4.78 is 23.0. The van der Waals surface area contributed by atoms with E-state index in [1.807, 2.05) is 6.08 Å². The van der Waals surface area contributed by atoms with E-state index in [1.54, 1.807) is 6.08 Å². The van der Waals surface area contributed by atoms with Gasteiger partial charge in [0.25, 0.3) is 0 Å². The van der Waals surface area contributed by atoms with Crippen LogP contribution in [0.25, 0.3) is 0 Å². The molecule has 0 aliphatic carbocycles. The molecular weight excluding hydrogens is 1280 g/mol. The summed E-state index contributed by atoms with van der Waals surface area (Å²) in [5.41, 5.74) is 0. The summed E-state index contributed by atoms with van der Waals surface area (Å²) in [6.45, 7) is 2.88. The Labute approximate surface area is 628 Å². The first-order valence-corrected chi connectivity index (χ1v) is 44.6. The van der Waals surface area contributed by atoms with Gasteiger partial charge in [-0.05, 0) is 44.9 Å². The van der Waals surface area contributed by atoms with Crippen LogP contribution in [0.5, 0.6) is 0 Å². The molecule has 14 heteroatoms. The van der Waals surface area contributed by atoms with E-state index < -0.39 is 86.8 Å². The number of carbonyl (C=O) groups excluding carboxylic acids is 1. The molecule has 14 nitrogen and oxygen atoms in total. The van der Waals surface area contributed by atoms with Crippen LogP contribution in [0, 0.1) is 0 Å². The molecule has 102 heavy (non-hydrogen) atoms. The summed E-state index contributed by atoms with van der Waals surface area (Å²) in [7, 11) is 0. The Morgan fingerprint density at radius 2 is 0.618 bits per heavy atom. The Bertz CT molecular complexity index is 1810. The number of aliphatic hydroxyl groups is 8. The van der Waals surface area contributed by atoms with Gasteiger partial charge in [-0.2, -0.15) is 0 Å². The monoisotopic (exact) mass is 1450 g/mol. The first-order valence-electron chi connectivity index (χ1n) is 44.6. The molecule has 2 heterocycles. The molecule has 2 rings (SSSR count). The van der Waals surface area contributed by atoms with Gasteiger partial charge in [-0.1, -0.05) is 411 Å². The van der Waals surface area contributed by atoms with Crippen LogP contribution in [0.3, 0.4) is 0 Å². The molecule has 604 valence electrons. The van der Waals surface area contributed by atoms with Gasteiger partial charge in [-0.15, -0.1) is 0 Å². The van der Waals surface area contributed by atoms with Gasteiger partial charge in [0.1, 0.15) is 48.8 Å². The van der Waals surface area contributed by atoms with Crippen molar-refractivity contribution < 1.29 is 64.6 Å². The Morgan fingerprint density at radius 1 is 0.343 bits per heavy atom. The van der Waals surface area contributed by atoms with Crippen molar-refractivity contribution in [3.63, 3.8) is 0 Å². The molecule has 0 bridgehead atoms. The number of carbonyl (C=O) groups is 1. The van der Waals surface area contributed by atoms with Gasteiger partial charge >= 0.3 is 0 Å². The van der Waals surface area contributed by atoms with Gasteiger partial charge < -0.3 is 65.1 Å². The number of aliphatic hydroxyl groups excluding tert-OH is 8. The van der Waals surface area contributed by atoms with Crippen LogP contribution in [0.2, 0.25) is 0 Å². The standard InChI is InChI=1S/C88H169NO13/c1-3-5-7-9-11-13-15-17-19-21-23-25-27-29-31-32-33-34-35-36-37-38-39-40-41-42-43-44-46-48-50-52-54-56-58-60-62-64-66-68-70-72-80(93)89-76(75-99-87-85(98)83(96)86(79(74-91)101-87)102-88-84(97)82(95)81(94)78(73-90)100-88)77(92)71-69-67-65-63-61-59-57-55-53-51-49-47-45-30-28-26-24-22-20-18-16-14-12-10-8-6-4-2/h21,23,69,71,76-79,81-88,90-92,94-98H,3-20,22,24-68,70,72-75H2,1-2H3,(H,89,93)/b23-21-,71-69+. The predicted molar refractivity (Wildman–Crippen MR) is 425 cm³/mol. The number of ether oxygens (including phenoxy) is 4. The molecule has 2 aliphatic rings. The lowest BCUT2D eigenvalue weighted by Gasteiger charge is -2.46. The van der Waals surface area contributed by atoms with Crippen molar-refractivity contribution in [1.82, 2.24) is 5.32 Å². The number of amides is 1. The van der Waals surface area contributed by atoms with Crippen molar-refractivity contribution in [3.05, 3.63) is 24.3 Å². The van der Waals surface area contributed by atoms with Crippen LogP contribution in [-0.2, 0) is 23.7 Å². The summed E-state index contributed by atoms with van der Waals surface area (Å²) in [5.74, 6) is -0.228. The molecule has 0 saturated carbocycles. The van der Waals surface area contributed by atoms with Crippen molar-refractivity contribution >= 4 is 5.91 Å². The minimum absolute atomic E-state index is 0.228. The molecule has 0 aromatic heterocycles. The Balaban J connectivity index is 1.54. The van der Waals surface area contributed by atoms with E-state index in [4.69, 9.17) is 18.9 Å². The van der Waals surface area contributed by atoms with Crippen molar-refractivity contribution in [2.45, 2.75) is 511 Å². The van der Waals surface area contributed by atoms with Crippen LogP contribution in [0.4, 0.5) is 0 Å². The van der Waals surface area contributed by atoms with Crippen LogP contribution < -0.4 is 5.32 Å².